The zero-order valence-electron chi connectivity index (χ0n) is 12.0. The smallest absolute Gasteiger partial charge is 0.268 e. The summed E-state index contributed by atoms with van der Waals surface area (Å²) in [7, 11) is -2.20. The van der Waals surface area contributed by atoms with Gasteiger partial charge in [-0.05, 0) is 18.9 Å². The van der Waals surface area contributed by atoms with Gasteiger partial charge in [0.25, 0.3) is 5.91 Å². The monoisotopic (exact) mass is 315 g/mol. The number of carbonyl (C=O) groups excluding carboxylic acids is 1. The Balaban J connectivity index is 1.84. The van der Waals surface area contributed by atoms with Gasteiger partial charge in [0.15, 0.2) is 0 Å². The van der Waals surface area contributed by atoms with Gasteiger partial charge in [-0.1, -0.05) is 12.8 Å². The van der Waals surface area contributed by atoms with Crippen LogP contribution in [0.5, 0.6) is 0 Å². The summed E-state index contributed by atoms with van der Waals surface area (Å²) in [6.45, 7) is 0.855. The van der Waals surface area contributed by atoms with E-state index in [9.17, 15) is 13.2 Å². The molecule has 1 aliphatic carbocycles. The highest BCUT2D eigenvalue weighted by Crippen LogP contribution is 2.20. The summed E-state index contributed by atoms with van der Waals surface area (Å²) in [4.78, 5) is 11.9. The highest BCUT2D eigenvalue weighted by atomic mass is 32.2. The topological polar surface area (TPSA) is 103 Å². The van der Waals surface area contributed by atoms with Gasteiger partial charge in [0, 0.05) is 19.8 Å². The number of nitrogens with one attached hydrogen (secondary N) is 1. The van der Waals surface area contributed by atoms with Crippen molar-refractivity contribution in [2.45, 2.75) is 36.7 Å². The first-order chi connectivity index (χ1) is 9.88. The van der Waals surface area contributed by atoms with E-state index in [1.807, 2.05) is 0 Å². The van der Waals surface area contributed by atoms with Crippen LogP contribution in [0.3, 0.4) is 0 Å². The fourth-order valence-corrected chi connectivity index (χ4v) is 3.03. The number of aromatic nitrogens is 1. The zero-order valence-corrected chi connectivity index (χ0v) is 12.9. The molecule has 7 nitrogen and oxygen atoms in total. The molecule has 0 unspecified atom stereocenters. The van der Waals surface area contributed by atoms with E-state index in [2.05, 4.69) is 5.32 Å². The minimum absolute atomic E-state index is 0.0719. The molecule has 1 saturated carbocycles. The summed E-state index contributed by atoms with van der Waals surface area (Å²) in [6.07, 6.45) is 6.21. The Hall–Kier alpha value is -1.38. The van der Waals surface area contributed by atoms with E-state index in [0.717, 1.165) is 12.8 Å². The molecule has 0 aromatic carbocycles. The number of nitrogens with two attached hydrogens (primary N) is 1. The number of ether oxygens (including phenoxy) is 1. The number of rotatable bonds is 6. The molecule has 0 aliphatic heterocycles. The highest BCUT2D eigenvalue weighted by Gasteiger charge is 2.18. The van der Waals surface area contributed by atoms with Crippen molar-refractivity contribution in [1.82, 2.24) is 9.88 Å². The van der Waals surface area contributed by atoms with Crippen LogP contribution in [0.15, 0.2) is 17.2 Å². The maximum absolute atomic E-state index is 12.0. The predicted octanol–water partition coefficient (Wildman–Crippen LogP) is 0.361. The first-order valence-electron chi connectivity index (χ1n) is 6.97. The molecule has 1 aromatic rings. The molecule has 1 heterocycles. The number of hydrogen-bond acceptors (Lipinski definition) is 4. The molecule has 0 spiro atoms. The lowest BCUT2D eigenvalue weighted by Crippen LogP contribution is -2.29. The van der Waals surface area contributed by atoms with E-state index in [1.54, 1.807) is 7.05 Å². The Morgan fingerprint density at radius 2 is 2.14 bits per heavy atom. The van der Waals surface area contributed by atoms with Crippen LogP contribution in [-0.4, -0.2) is 38.1 Å². The molecule has 1 fully saturated rings. The molecule has 1 aromatic heterocycles. The third kappa shape index (κ3) is 4.29. The fourth-order valence-electron chi connectivity index (χ4n) is 2.45. The van der Waals surface area contributed by atoms with Crippen molar-refractivity contribution < 1.29 is 17.9 Å². The van der Waals surface area contributed by atoms with Crippen molar-refractivity contribution in [2.24, 2.45) is 12.2 Å². The van der Waals surface area contributed by atoms with Gasteiger partial charge in [-0.25, -0.2) is 13.6 Å². The first-order valence-corrected chi connectivity index (χ1v) is 8.51. The molecular formula is C13H21N3O4S. The first kappa shape index (κ1) is 16.0. The van der Waals surface area contributed by atoms with Crippen molar-refractivity contribution in [3.63, 3.8) is 0 Å². The van der Waals surface area contributed by atoms with Crippen molar-refractivity contribution in [2.75, 3.05) is 13.2 Å². The van der Waals surface area contributed by atoms with Gasteiger partial charge >= 0.3 is 0 Å². The largest absolute Gasteiger partial charge is 0.376 e. The van der Waals surface area contributed by atoms with E-state index in [1.165, 1.54) is 29.7 Å². The molecule has 0 saturated heterocycles. The molecule has 1 aliphatic rings. The molecule has 0 radical (unpaired) electrons. The normalized spacial score (nSPS) is 16.3. The van der Waals surface area contributed by atoms with Crippen molar-refractivity contribution in [1.29, 1.82) is 0 Å². The number of primary sulfonamides is 1. The summed E-state index contributed by atoms with van der Waals surface area (Å²) < 4.78 is 29.6. The Morgan fingerprint density at radius 1 is 1.48 bits per heavy atom. The minimum atomic E-state index is -3.80. The second-order valence-corrected chi connectivity index (χ2v) is 6.81. The second-order valence-electron chi connectivity index (χ2n) is 5.25. The molecule has 0 atom stereocenters. The Bertz CT molecular complexity index is 603. The van der Waals surface area contributed by atoms with Crippen LogP contribution in [0.4, 0.5) is 0 Å². The Morgan fingerprint density at radius 3 is 2.71 bits per heavy atom. The van der Waals surface area contributed by atoms with Gasteiger partial charge in [-0.15, -0.1) is 0 Å². The quantitative estimate of drug-likeness (QED) is 0.740. The average Bonchev–Trinajstić information content (AvgIpc) is 3.02. The number of amides is 1. The van der Waals surface area contributed by atoms with E-state index in [-0.39, 0.29) is 16.5 Å². The predicted molar refractivity (Wildman–Crippen MR) is 77.3 cm³/mol. The van der Waals surface area contributed by atoms with Gasteiger partial charge in [0.05, 0.1) is 12.7 Å². The third-order valence-corrected chi connectivity index (χ3v) is 4.46. The SMILES string of the molecule is Cn1cc(S(N)(=O)=O)cc1C(=O)NCCOC1CCCC1. The average molecular weight is 315 g/mol. The molecule has 2 rings (SSSR count). The van der Waals surface area contributed by atoms with Crippen LogP contribution < -0.4 is 10.5 Å². The van der Waals surface area contributed by atoms with Crippen molar-refractivity contribution in [3.05, 3.63) is 18.0 Å². The van der Waals surface area contributed by atoms with Crippen LogP contribution in [-0.2, 0) is 21.8 Å². The Kier molecular flexibility index (Phi) is 5.02. The van der Waals surface area contributed by atoms with Crippen LogP contribution in [0.25, 0.3) is 0 Å². The molecule has 3 N–H and O–H groups in total. The number of aryl methyl sites for hydroxylation is 1. The molecule has 118 valence electrons. The number of hydrogen-bond donors (Lipinski definition) is 2. The van der Waals surface area contributed by atoms with Gasteiger partial charge in [0.2, 0.25) is 10.0 Å². The molecule has 8 heteroatoms. The minimum Gasteiger partial charge on any atom is -0.376 e. The van der Waals surface area contributed by atoms with E-state index in [4.69, 9.17) is 9.88 Å². The van der Waals surface area contributed by atoms with Gasteiger partial charge in [-0.2, -0.15) is 0 Å². The summed E-state index contributed by atoms with van der Waals surface area (Å²) >= 11 is 0. The lowest BCUT2D eigenvalue weighted by Gasteiger charge is -2.11. The molecule has 21 heavy (non-hydrogen) atoms. The lowest BCUT2D eigenvalue weighted by molar-refractivity contribution is 0.0580. The van der Waals surface area contributed by atoms with Gasteiger partial charge in [0.1, 0.15) is 10.6 Å². The van der Waals surface area contributed by atoms with E-state index in [0.29, 0.717) is 19.3 Å². The van der Waals surface area contributed by atoms with Crippen LogP contribution in [0, 0.1) is 0 Å². The summed E-state index contributed by atoms with van der Waals surface area (Å²) in [5, 5.41) is 7.75. The van der Waals surface area contributed by atoms with E-state index < -0.39 is 10.0 Å². The maximum atomic E-state index is 12.0. The molecule has 0 bridgehead atoms. The third-order valence-electron chi connectivity index (χ3n) is 3.58. The second kappa shape index (κ2) is 6.59. The number of nitrogens with zero attached hydrogens (tertiary/aromatic N) is 1. The van der Waals surface area contributed by atoms with Gasteiger partial charge < -0.3 is 14.6 Å². The molecule has 1 amide bonds. The van der Waals surface area contributed by atoms with Crippen LogP contribution in [0.1, 0.15) is 36.2 Å². The summed E-state index contributed by atoms with van der Waals surface area (Å²) in [5.74, 6) is -0.345. The lowest BCUT2D eigenvalue weighted by atomic mass is 10.3. The molecular weight excluding hydrogens is 294 g/mol. The highest BCUT2D eigenvalue weighted by molar-refractivity contribution is 7.89. The van der Waals surface area contributed by atoms with Crippen LogP contribution >= 0.6 is 0 Å². The van der Waals surface area contributed by atoms with Crippen molar-refractivity contribution >= 4 is 15.9 Å². The fraction of sp³-hybridized carbons (Fsp3) is 0.615. The zero-order chi connectivity index (χ0) is 15.5. The van der Waals surface area contributed by atoms with Crippen LogP contribution in [0.2, 0.25) is 0 Å². The Labute approximate surface area is 124 Å². The summed E-state index contributed by atoms with van der Waals surface area (Å²) in [5.41, 5.74) is 0.250. The number of carbonyl (C=O) groups is 1. The summed E-state index contributed by atoms with van der Waals surface area (Å²) in [6, 6.07) is 1.27. The van der Waals surface area contributed by atoms with Crippen molar-refractivity contribution in [3.8, 4) is 0 Å². The number of sulfonamides is 1. The van der Waals surface area contributed by atoms with E-state index >= 15 is 0 Å². The standard InChI is InChI=1S/C13H21N3O4S/c1-16-9-11(21(14,18)19)8-12(16)13(17)15-6-7-20-10-4-2-3-5-10/h8-10H,2-7H2,1H3,(H,15,17)(H2,14,18,19). The maximum Gasteiger partial charge on any atom is 0.268 e. The van der Waals surface area contributed by atoms with Gasteiger partial charge in [-0.3, -0.25) is 4.79 Å².